The van der Waals surface area contributed by atoms with Crippen molar-refractivity contribution in [2.45, 2.75) is 27.7 Å². The number of pyridine rings is 3. The number of hydrogen-bond acceptors (Lipinski definition) is 6. The van der Waals surface area contributed by atoms with Crippen molar-refractivity contribution in [1.29, 1.82) is 0 Å². The maximum atomic E-state index is 12.4. The minimum atomic E-state index is -0.504. The van der Waals surface area contributed by atoms with Gasteiger partial charge in [0.1, 0.15) is 5.69 Å². The first-order valence-corrected chi connectivity index (χ1v) is 12.7. The molecule has 0 aliphatic rings. The van der Waals surface area contributed by atoms with Gasteiger partial charge in [-0.05, 0) is 37.3 Å². The van der Waals surface area contributed by atoms with Crippen molar-refractivity contribution in [2.24, 2.45) is 5.41 Å². The summed E-state index contributed by atoms with van der Waals surface area (Å²) in [6.45, 7) is 7.73. The number of aryl methyl sites for hydroxylation is 1. The maximum absolute atomic E-state index is 12.4. The Morgan fingerprint density at radius 1 is 0.946 bits per heavy atom. The number of thiophene rings is 1. The van der Waals surface area contributed by atoms with E-state index in [1.165, 1.54) is 9.75 Å². The molecule has 6 aromatic rings. The maximum Gasteiger partial charge on any atom is 0.229 e. The van der Waals surface area contributed by atoms with Crippen LogP contribution in [0.1, 0.15) is 25.6 Å². The van der Waals surface area contributed by atoms with Crippen molar-refractivity contribution in [3.05, 3.63) is 66.2 Å². The number of nitrogens with zero attached hydrogens (tertiary/aromatic N) is 4. The van der Waals surface area contributed by atoms with Crippen LogP contribution in [0.3, 0.4) is 0 Å². The Morgan fingerprint density at radius 3 is 2.57 bits per heavy atom. The molecule has 3 N–H and O–H groups in total. The topological polar surface area (TPSA) is 112 Å². The molecule has 0 radical (unpaired) electrons. The second-order valence-electron chi connectivity index (χ2n) is 10.1. The molecule has 1 amide bonds. The van der Waals surface area contributed by atoms with Gasteiger partial charge >= 0.3 is 0 Å². The number of rotatable bonds is 4. The zero-order chi connectivity index (χ0) is 25.7. The lowest BCUT2D eigenvalue weighted by molar-refractivity contribution is -0.123. The van der Waals surface area contributed by atoms with Crippen LogP contribution in [0.15, 0.2) is 61.3 Å². The summed E-state index contributed by atoms with van der Waals surface area (Å²) in [5.74, 6) is -0.0719. The van der Waals surface area contributed by atoms with Gasteiger partial charge in [-0.25, -0.2) is 0 Å². The highest BCUT2D eigenvalue weighted by atomic mass is 32.1. The minimum absolute atomic E-state index is 0.0719. The Balaban J connectivity index is 1.40. The second-order valence-corrected chi connectivity index (χ2v) is 11.4. The summed E-state index contributed by atoms with van der Waals surface area (Å²) in [5, 5.41) is 12.7. The number of aromatic nitrogens is 6. The number of carbonyl (C=O) groups is 1. The predicted octanol–water partition coefficient (Wildman–Crippen LogP) is 6.58. The molecule has 0 atom stereocenters. The van der Waals surface area contributed by atoms with Gasteiger partial charge in [-0.2, -0.15) is 5.10 Å². The molecule has 6 heterocycles. The largest absolute Gasteiger partial charge is 0.352 e. The fourth-order valence-electron chi connectivity index (χ4n) is 4.20. The Morgan fingerprint density at radius 2 is 1.78 bits per heavy atom. The van der Waals surface area contributed by atoms with Gasteiger partial charge in [0, 0.05) is 49.5 Å². The third-order valence-electron chi connectivity index (χ3n) is 6.23. The fraction of sp³-hybridized carbons (Fsp3) is 0.179. The molecule has 0 saturated heterocycles. The lowest BCUT2D eigenvalue weighted by Crippen LogP contribution is -2.27. The number of nitrogens with one attached hydrogen (secondary N) is 3. The first-order chi connectivity index (χ1) is 17.8. The van der Waals surface area contributed by atoms with Crippen LogP contribution in [0.5, 0.6) is 0 Å². The number of amides is 1. The number of fused-ring (bicyclic) bond motifs is 2. The van der Waals surface area contributed by atoms with Gasteiger partial charge in [-0.15, -0.1) is 11.3 Å². The summed E-state index contributed by atoms with van der Waals surface area (Å²) in [6, 6.07) is 10.3. The Bertz CT molecular complexity index is 1790. The SMILES string of the molecule is Cc1ccc(-c2cncc3[nH]c(-c4n[nH]c5cnc(-c6cncc(NC(=O)C(C)(C)C)c6)cc45)cc23)s1. The van der Waals surface area contributed by atoms with E-state index in [9.17, 15) is 4.79 Å². The molecule has 6 rings (SSSR count). The summed E-state index contributed by atoms with van der Waals surface area (Å²) >= 11 is 1.75. The second kappa shape index (κ2) is 8.63. The zero-order valence-corrected chi connectivity index (χ0v) is 21.7. The van der Waals surface area contributed by atoms with E-state index in [0.29, 0.717) is 5.69 Å². The molecule has 0 saturated carbocycles. The summed E-state index contributed by atoms with van der Waals surface area (Å²) in [6.07, 6.45) is 8.90. The van der Waals surface area contributed by atoms with Gasteiger partial charge < -0.3 is 10.3 Å². The van der Waals surface area contributed by atoms with Gasteiger partial charge in [0.05, 0.1) is 46.7 Å². The van der Waals surface area contributed by atoms with Crippen molar-refractivity contribution in [3.8, 4) is 33.1 Å². The van der Waals surface area contributed by atoms with E-state index >= 15 is 0 Å². The first-order valence-electron chi connectivity index (χ1n) is 11.9. The molecule has 0 spiro atoms. The highest BCUT2D eigenvalue weighted by molar-refractivity contribution is 7.15. The minimum Gasteiger partial charge on any atom is -0.352 e. The molecule has 6 aromatic heterocycles. The number of aromatic amines is 2. The summed E-state index contributed by atoms with van der Waals surface area (Å²) in [7, 11) is 0. The number of anilines is 1. The molecule has 0 aliphatic carbocycles. The monoisotopic (exact) mass is 507 g/mol. The van der Waals surface area contributed by atoms with E-state index < -0.39 is 5.41 Å². The smallest absolute Gasteiger partial charge is 0.229 e. The van der Waals surface area contributed by atoms with Crippen LogP contribution in [-0.2, 0) is 4.79 Å². The van der Waals surface area contributed by atoms with Crippen molar-refractivity contribution in [3.63, 3.8) is 0 Å². The molecule has 0 aromatic carbocycles. The number of H-pyrrole nitrogens is 2. The normalized spacial score (nSPS) is 11.9. The third-order valence-corrected chi connectivity index (χ3v) is 7.26. The Labute approximate surface area is 217 Å². The number of carbonyl (C=O) groups excluding carboxylic acids is 1. The summed E-state index contributed by atoms with van der Waals surface area (Å²) < 4.78 is 0. The Hall–Kier alpha value is -4.37. The zero-order valence-electron chi connectivity index (χ0n) is 20.9. The average molecular weight is 508 g/mol. The van der Waals surface area contributed by atoms with E-state index in [-0.39, 0.29) is 5.91 Å². The van der Waals surface area contributed by atoms with Gasteiger partial charge in [-0.3, -0.25) is 24.8 Å². The fourth-order valence-corrected chi connectivity index (χ4v) is 5.09. The lowest BCUT2D eigenvalue weighted by Gasteiger charge is -2.17. The average Bonchev–Trinajstić information content (AvgIpc) is 3.60. The van der Waals surface area contributed by atoms with E-state index in [1.807, 2.05) is 45.3 Å². The molecule has 37 heavy (non-hydrogen) atoms. The van der Waals surface area contributed by atoms with Crippen LogP contribution in [0.25, 0.3) is 54.9 Å². The van der Waals surface area contributed by atoms with Crippen molar-refractivity contribution in [1.82, 2.24) is 30.1 Å². The molecule has 9 heteroatoms. The van der Waals surface area contributed by atoms with Crippen LogP contribution in [0, 0.1) is 12.3 Å². The molecular formula is C28H25N7OS. The van der Waals surface area contributed by atoms with Gasteiger partial charge in [0.2, 0.25) is 5.91 Å². The first kappa shape index (κ1) is 23.1. The highest BCUT2D eigenvalue weighted by Crippen LogP contribution is 2.36. The van der Waals surface area contributed by atoms with Crippen LogP contribution >= 0.6 is 11.3 Å². The lowest BCUT2D eigenvalue weighted by atomic mass is 9.95. The van der Waals surface area contributed by atoms with E-state index in [0.717, 1.165) is 50.0 Å². The molecule has 184 valence electrons. The van der Waals surface area contributed by atoms with Gasteiger partial charge in [0.15, 0.2) is 0 Å². The van der Waals surface area contributed by atoms with E-state index in [2.05, 4.69) is 60.6 Å². The number of hydrogen-bond donors (Lipinski definition) is 3. The molecule has 0 bridgehead atoms. The quantitative estimate of drug-likeness (QED) is 0.249. The van der Waals surface area contributed by atoms with Crippen LogP contribution in [-0.4, -0.2) is 36.0 Å². The molecule has 8 nitrogen and oxygen atoms in total. The molecule has 0 fully saturated rings. The van der Waals surface area contributed by atoms with Crippen molar-refractivity contribution in [2.75, 3.05) is 5.32 Å². The van der Waals surface area contributed by atoms with Gasteiger partial charge in [-0.1, -0.05) is 20.8 Å². The van der Waals surface area contributed by atoms with E-state index in [1.54, 1.807) is 29.9 Å². The van der Waals surface area contributed by atoms with Crippen molar-refractivity contribution < 1.29 is 4.79 Å². The summed E-state index contributed by atoms with van der Waals surface area (Å²) in [4.78, 5) is 31.8. The molecular weight excluding hydrogens is 482 g/mol. The summed E-state index contributed by atoms with van der Waals surface area (Å²) in [5.41, 5.74) is 6.24. The van der Waals surface area contributed by atoms with Crippen LogP contribution in [0.2, 0.25) is 0 Å². The standard InChI is InChI=1S/C28H25N7OS/c1-15-5-6-25(37-15)20-12-30-13-23-18(20)8-22(33-23)26-19-9-21(31-14-24(19)34-35-26)16-7-17(11-29-10-16)32-27(36)28(2,3)4/h5-14,33H,1-4H3,(H,32,36)(H,34,35). The third kappa shape index (κ3) is 4.27. The molecule has 0 unspecified atom stereocenters. The van der Waals surface area contributed by atoms with Gasteiger partial charge in [0.25, 0.3) is 0 Å². The van der Waals surface area contributed by atoms with Crippen LogP contribution in [0.4, 0.5) is 5.69 Å². The predicted molar refractivity (Wildman–Crippen MR) is 148 cm³/mol. The molecule has 0 aliphatic heterocycles. The highest BCUT2D eigenvalue weighted by Gasteiger charge is 2.21. The Kier molecular flexibility index (Phi) is 5.38. The van der Waals surface area contributed by atoms with E-state index in [4.69, 9.17) is 0 Å². The van der Waals surface area contributed by atoms with Crippen LogP contribution < -0.4 is 5.32 Å². The van der Waals surface area contributed by atoms with Crippen molar-refractivity contribution >= 4 is 44.7 Å².